The molecule has 0 aromatic heterocycles. The first-order valence-corrected chi connectivity index (χ1v) is 7.73. The van der Waals surface area contributed by atoms with Crippen molar-refractivity contribution in [3.63, 3.8) is 0 Å². The highest BCUT2D eigenvalue weighted by Gasteiger charge is 2.35. The van der Waals surface area contributed by atoms with E-state index in [9.17, 15) is 35.9 Å². The molecule has 10 heteroatoms. The summed E-state index contributed by atoms with van der Waals surface area (Å²) in [6.07, 6.45) is -5.38. The van der Waals surface area contributed by atoms with Crippen molar-refractivity contribution in [1.29, 1.82) is 0 Å². The number of carbonyl (C=O) groups excluding carboxylic acids is 2. The number of methoxy groups -OCH3 is 1. The molecule has 1 atom stereocenters. The molecule has 0 heterocycles. The Morgan fingerprint density at radius 1 is 1.07 bits per heavy atom. The summed E-state index contributed by atoms with van der Waals surface area (Å²) in [5, 5.41) is 1.93. The highest BCUT2D eigenvalue weighted by atomic mass is 19.4. The molecule has 1 amide bonds. The number of ether oxygens (including phenoxy) is 1. The van der Waals surface area contributed by atoms with Crippen LogP contribution < -0.4 is 5.32 Å². The second kappa shape index (κ2) is 8.32. The molecule has 0 aliphatic carbocycles. The van der Waals surface area contributed by atoms with E-state index in [1.807, 2.05) is 5.32 Å². The smallest absolute Gasteiger partial charge is 0.416 e. The van der Waals surface area contributed by atoms with E-state index in [1.54, 1.807) is 0 Å². The topological polar surface area (TPSA) is 55.4 Å². The predicted molar refractivity (Wildman–Crippen MR) is 84.7 cm³/mol. The highest BCUT2D eigenvalue weighted by molar-refractivity contribution is 5.97. The van der Waals surface area contributed by atoms with E-state index in [4.69, 9.17) is 0 Å². The van der Waals surface area contributed by atoms with Crippen LogP contribution in [0.2, 0.25) is 0 Å². The lowest BCUT2D eigenvalue weighted by Crippen LogP contribution is -2.44. The zero-order valence-corrected chi connectivity index (χ0v) is 14.2. The number of halogens is 6. The summed E-state index contributed by atoms with van der Waals surface area (Å²) in [6, 6.07) is 3.13. The maximum atomic E-state index is 13.7. The van der Waals surface area contributed by atoms with Crippen molar-refractivity contribution in [3.8, 4) is 0 Å². The van der Waals surface area contributed by atoms with Crippen LogP contribution in [0.1, 0.15) is 21.5 Å². The molecule has 0 spiro atoms. The van der Waals surface area contributed by atoms with Gasteiger partial charge in [-0.1, -0.05) is 18.2 Å². The van der Waals surface area contributed by atoms with E-state index in [1.165, 1.54) is 6.07 Å². The molecule has 0 aliphatic heterocycles. The Kier molecular flexibility index (Phi) is 6.32. The maximum Gasteiger partial charge on any atom is 0.416 e. The lowest BCUT2D eigenvalue weighted by molar-refractivity contribution is -0.144. The first-order valence-electron chi connectivity index (χ1n) is 7.73. The Balaban J connectivity index is 2.35. The van der Waals surface area contributed by atoms with Crippen LogP contribution in [0.4, 0.5) is 26.3 Å². The lowest BCUT2D eigenvalue weighted by atomic mass is 9.99. The van der Waals surface area contributed by atoms with E-state index in [0.29, 0.717) is 0 Å². The van der Waals surface area contributed by atoms with E-state index in [2.05, 4.69) is 4.74 Å². The molecule has 0 saturated carbocycles. The van der Waals surface area contributed by atoms with E-state index < -0.39 is 59.1 Å². The van der Waals surface area contributed by atoms with Gasteiger partial charge in [0.1, 0.15) is 29.1 Å². The lowest BCUT2D eigenvalue weighted by Gasteiger charge is -2.19. The van der Waals surface area contributed by atoms with Crippen molar-refractivity contribution in [2.24, 2.45) is 0 Å². The molecule has 28 heavy (non-hydrogen) atoms. The van der Waals surface area contributed by atoms with Crippen LogP contribution in [-0.2, 0) is 22.1 Å². The molecule has 2 aromatic rings. The normalized spacial score (nSPS) is 12.4. The zero-order valence-electron chi connectivity index (χ0n) is 14.2. The zero-order chi connectivity index (χ0) is 21.1. The number of rotatable bonds is 5. The quantitative estimate of drug-likeness (QED) is 0.611. The number of hydrogen-bond acceptors (Lipinski definition) is 3. The van der Waals surface area contributed by atoms with Crippen LogP contribution in [0.15, 0.2) is 36.4 Å². The number of alkyl halides is 3. The van der Waals surface area contributed by atoms with Crippen molar-refractivity contribution < 1.29 is 40.7 Å². The third-order valence-corrected chi connectivity index (χ3v) is 3.77. The summed E-state index contributed by atoms with van der Waals surface area (Å²) in [5.41, 5.74) is -2.57. The molecular weight excluding hydrogens is 392 g/mol. The van der Waals surface area contributed by atoms with Gasteiger partial charge in [0.15, 0.2) is 0 Å². The molecule has 0 radical (unpaired) electrons. The fourth-order valence-electron chi connectivity index (χ4n) is 2.52. The van der Waals surface area contributed by atoms with Gasteiger partial charge in [-0.3, -0.25) is 4.79 Å². The average molecular weight is 405 g/mol. The number of esters is 1. The standard InChI is InChI=1S/C18H13F6NO3/c1-28-17(27)14(6-9-4-2-3-5-11(9)18(22,23)24)25-16(26)15-12(20)7-10(19)8-13(15)21/h2-5,7-8,14H,6H2,1H3,(H,25,26)/t14-/m1/s1. The van der Waals surface area contributed by atoms with E-state index >= 15 is 0 Å². The van der Waals surface area contributed by atoms with E-state index in [0.717, 1.165) is 25.3 Å². The second-order valence-corrected chi connectivity index (χ2v) is 5.65. The fourth-order valence-corrected chi connectivity index (χ4v) is 2.52. The molecule has 0 bridgehead atoms. The van der Waals surface area contributed by atoms with Gasteiger partial charge in [0.05, 0.1) is 12.7 Å². The van der Waals surface area contributed by atoms with Crippen molar-refractivity contribution in [2.75, 3.05) is 7.11 Å². The third-order valence-electron chi connectivity index (χ3n) is 3.77. The summed E-state index contributed by atoms with van der Waals surface area (Å²) in [5.74, 6) is -6.91. The average Bonchev–Trinajstić information content (AvgIpc) is 2.59. The number of benzene rings is 2. The number of carbonyl (C=O) groups is 2. The minimum atomic E-state index is -4.73. The Labute approximate surface area is 155 Å². The molecule has 0 saturated heterocycles. The molecule has 2 aromatic carbocycles. The minimum Gasteiger partial charge on any atom is -0.467 e. The molecule has 0 unspecified atom stereocenters. The van der Waals surface area contributed by atoms with Gasteiger partial charge in [-0.25, -0.2) is 18.0 Å². The number of nitrogens with one attached hydrogen (secondary N) is 1. The van der Waals surface area contributed by atoms with Gasteiger partial charge in [0.2, 0.25) is 0 Å². The highest BCUT2D eigenvalue weighted by Crippen LogP contribution is 2.32. The van der Waals surface area contributed by atoms with Gasteiger partial charge < -0.3 is 10.1 Å². The van der Waals surface area contributed by atoms with Gasteiger partial charge in [0, 0.05) is 18.6 Å². The van der Waals surface area contributed by atoms with Crippen molar-refractivity contribution >= 4 is 11.9 Å². The Hall–Kier alpha value is -3.04. The first kappa shape index (κ1) is 21.3. The molecule has 0 fully saturated rings. The Bertz CT molecular complexity index is 874. The van der Waals surface area contributed by atoms with Crippen LogP contribution in [0, 0.1) is 17.5 Å². The van der Waals surface area contributed by atoms with Crippen molar-refractivity contribution in [2.45, 2.75) is 18.6 Å². The molecule has 150 valence electrons. The van der Waals surface area contributed by atoms with Gasteiger partial charge in [-0.15, -0.1) is 0 Å². The Morgan fingerprint density at radius 2 is 1.64 bits per heavy atom. The summed E-state index contributed by atoms with van der Waals surface area (Å²) < 4.78 is 84.2. The molecule has 0 aliphatic rings. The van der Waals surface area contributed by atoms with Crippen LogP contribution in [0.3, 0.4) is 0 Å². The van der Waals surface area contributed by atoms with Crippen LogP contribution in [0.5, 0.6) is 0 Å². The monoisotopic (exact) mass is 405 g/mol. The maximum absolute atomic E-state index is 13.7. The summed E-state index contributed by atoms with van der Waals surface area (Å²) in [4.78, 5) is 24.1. The van der Waals surface area contributed by atoms with Gasteiger partial charge in [-0.05, 0) is 11.6 Å². The fraction of sp³-hybridized carbons (Fsp3) is 0.222. The minimum absolute atomic E-state index is 0.254. The van der Waals surface area contributed by atoms with Gasteiger partial charge >= 0.3 is 12.1 Å². The molecular formula is C18H13F6NO3. The largest absolute Gasteiger partial charge is 0.467 e. The SMILES string of the molecule is COC(=O)[C@@H](Cc1ccccc1C(F)(F)F)NC(=O)c1c(F)cc(F)cc1F. The van der Waals surface area contributed by atoms with Crippen LogP contribution in [0.25, 0.3) is 0 Å². The summed E-state index contributed by atoms with van der Waals surface area (Å²) >= 11 is 0. The second-order valence-electron chi connectivity index (χ2n) is 5.65. The molecule has 4 nitrogen and oxygen atoms in total. The van der Waals surface area contributed by atoms with Crippen LogP contribution in [-0.4, -0.2) is 25.0 Å². The summed E-state index contributed by atoms with van der Waals surface area (Å²) in [6.45, 7) is 0. The van der Waals surface area contributed by atoms with Crippen molar-refractivity contribution in [1.82, 2.24) is 5.32 Å². The molecule has 2 rings (SSSR count). The predicted octanol–water partition coefficient (Wildman–Crippen LogP) is 3.64. The Morgan fingerprint density at radius 3 is 2.18 bits per heavy atom. The number of hydrogen-bond donors (Lipinski definition) is 1. The van der Waals surface area contributed by atoms with Crippen molar-refractivity contribution in [3.05, 3.63) is 70.5 Å². The van der Waals surface area contributed by atoms with E-state index in [-0.39, 0.29) is 17.7 Å². The van der Waals surface area contributed by atoms with Gasteiger partial charge in [0.25, 0.3) is 5.91 Å². The van der Waals surface area contributed by atoms with Crippen LogP contribution >= 0.6 is 0 Å². The third kappa shape index (κ3) is 4.81. The summed E-state index contributed by atoms with van der Waals surface area (Å²) in [7, 11) is 0.927. The first-order chi connectivity index (χ1) is 13.0. The molecule has 1 N–H and O–H groups in total. The van der Waals surface area contributed by atoms with Gasteiger partial charge in [-0.2, -0.15) is 13.2 Å². The number of amides is 1.